The molecule has 0 bridgehead atoms. The van der Waals surface area contributed by atoms with Gasteiger partial charge in [-0.1, -0.05) is 18.2 Å². The molecule has 2 N–H and O–H groups in total. The summed E-state index contributed by atoms with van der Waals surface area (Å²) in [5.74, 6) is -0.456. The van der Waals surface area contributed by atoms with E-state index in [0.29, 0.717) is 19.6 Å². The Morgan fingerprint density at radius 2 is 1.83 bits per heavy atom. The average molecular weight is 334 g/mol. The minimum absolute atomic E-state index is 0.195. The number of urea groups is 1. The number of halogens is 2. The van der Waals surface area contributed by atoms with E-state index in [9.17, 15) is 13.6 Å². The minimum atomic E-state index is -0.690. The molecule has 0 saturated heterocycles. The Kier molecular flexibility index (Phi) is 6.12. The zero-order valence-electron chi connectivity index (χ0n) is 13.7. The number of carbonyl (C=O) groups is 1. The molecule has 2 amide bonds. The summed E-state index contributed by atoms with van der Waals surface area (Å²) in [4.78, 5) is 11.7. The normalized spacial score (nSPS) is 10.3. The number of anilines is 1. The molecule has 128 valence electrons. The van der Waals surface area contributed by atoms with Gasteiger partial charge in [0.25, 0.3) is 0 Å². The van der Waals surface area contributed by atoms with Crippen molar-refractivity contribution >= 4 is 11.7 Å². The number of para-hydroxylation sites is 1. The summed E-state index contributed by atoms with van der Waals surface area (Å²) in [6.45, 7) is 4.75. The molecule has 0 spiro atoms. The van der Waals surface area contributed by atoms with Crippen molar-refractivity contribution in [3.63, 3.8) is 0 Å². The molecule has 2 aromatic rings. The molecule has 0 radical (unpaired) electrons. The van der Waals surface area contributed by atoms with Crippen molar-refractivity contribution in [1.82, 2.24) is 5.32 Å². The molecular formula is C18H20F2N2O2. The Balaban J connectivity index is 1.72. The zero-order valence-corrected chi connectivity index (χ0v) is 13.7. The van der Waals surface area contributed by atoms with Gasteiger partial charge in [0.1, 0.15) is 17.4 Å². The molecule has 0 aliphatic carbocycles. The predicted molar refractivity (Wildman–Crippen MR) is 89.4 cm³/mol. The number of ether oxygens (including phenoxy) is 1. The van der Waals surface area contributed by atoms with Crippen LogP contribution in [-0.2, 0) is 0 Å². The maximum Gasteiger partial charge on any atom is 0.319 e. The van der Waals surface area contributed by atoms with Gasteiger partial charge in [-0.2, -0.15) is 0 Å². The van der Waals surface area contributed by atoms with Crippen LogP contribution in [0.4, 0.5) is 19.3 Å². The highest BCUT2D eigenvalue weighted by molar-refractivity contribution is 5.89. The highest BCUT2D eigenvalue weighted by atomic mass is 19.1. The van der Waals surface area contributed by atoms with Crippen LogP contribution in [0, 0.1) is 25.5 Å². The van der Waals surface area contributed by atoms with Crippen molar-refractivity contribution in [2.45, 2.75) is 20.3 Å². The summed E-state index contributed by atoms with van der Waals surface area (Å²) >= 11 is 0. The second-order valence-electron chi connectivity index (χ2n) is 5.43. The summed E-state index contributed by atoms with van der Waals surface area (Å²) in [5.41, 5.74) is 1.92. The number of hydrogen-bond donors (Lipinski definition) is 2. The number of carbonyl (C=O) groups excluding carboxylic acids is 1. The van der Waals surface area contributed by atoms with Crippen LogP contribution in [0.25, 0.3) is 0 Å². The second-order valence-corrected chi connectivity index (χ2v) is 5.43. The minimum Gasteiger partial charge on any atom is -0.493 e. The maximum absolute atomic E-state index is 13.4. The first-order chi connectivity index (χ1) is 11.5. The van der Waals surface area contributed by atoms with Gasteiger partial charge < -0.3 is 15.4 Å². The maximum atomic E-state index is 13.4. The SMILES string of the molecule is Cc1cccc(C)c1OCCCNC(=O)Nc1cc(F)ccc1F. The summed E-state index contributed by atoms with van der Waals surface area (Å²) in [6.07, 6.45) is 0.590. The fourth-order valence-electron chi connectivity index (χ4n) is 2.23. The van der Waals surface area contributed by atoms with Crippen LogP contribution < -0.4 is 15.4 Å². The first-order valence-corrected chi connectivity index (χ1v) is 7.66. The molecule has 0 heterocycles. The number of aryl methyl sites for hydroxylation is 2. The van der Waals surface area contributed by atoms with Gasteiger partial charge in [-0.3, -0.25) is 0 Å². The van der Waals surface area contributed by atoms with E-state index in [1.165, 1.54) is 0 Å². The lowest BCUT2D eigenvalue weighted by atomic mass is 10.1. The highest BCUT2D eigenvalue weighted by Crippen LogP contribution is 2.22. The van der Waals surface area contributed by atoms with E-state index in [0.717, 1.165) is 35.1 Å². The van der Waals surface area contributed by atoms with E-state index < -0.39 is 17.7 Å². The summed E-state index contributed by atoms with van der Waals surface area (Å²) in [6, 6.07) is 8.20. The van der Waals surface area contributed by atoms with E-state index in [2.05, 4.69) is 10.6 Å². The first-order valence-electron chi connectivity index (χ1n) is 7.66. The van der Waals surface area contributed by atoms with Gasteiger partial charge in [0.15, 0.2) is 0 Å². The lowest BCUT2D eigenvalue weighted by molar-refractivity contribution is 0.250. The summed E-state index contributed by atoms with van der Waals surface area (Å²) in [5, 5.41) is 4.85. The molecule has 0 unspecified atom stereocenters. The molecule has 2 aromatic carbocycles. The lowest BCUT2D eigenvalue weighted by Gasteiger charge is -2.12. The molecule has 6 heteroatoms. The third-order valence-electron chi connectivity index (χ3n) is 3.44. The van der Waals surface area contributed by atoms with E-state index in [-0.39, 0.29) is 5.69 Å². The van der Waals surface area contributed by atoms with Gasteiger partial charge in [0.05, 0.1) is 12.3 Å². The third-order valence-corrected chi connectivity index (χ3v) is 3.44. The van der Waals surface area contributed by atoms with Crippen molar-refractivity contribution in [2.75, 3.05) is 18.5 Å². The van der Waals surface area contributed by atoms with Gasteiger partial charge in [-0.25, -0.2) is 13.6 Å². The fraction of sp³-hybridized carbons (Fsp3) is 0.278. The molecule has 0 aromatic heterocycles. The first kappa shape index (κ1) is 17.7. The molecule has 0 atom stereocenters. The van der Waals surface area contributed by atoms with E-state index >= 15 is 0 Å². The smallest absolute Gasteiger partial charge is 0.319 e. The van der Waals surface area contributed by atoms with Gasteiger partial charge >= 0.3 is 6.03 Å². The molecule has 0 aliphatic heterocycles. The Bertz CT molecular complexity index is 700. The topological polar surface area (TPSA) is 50.4 Å². The largest absolute Gasteiger partial charge is 0.493 e. The molecule has 2 rings (SSSR count). The Labute approximate surface area is 139 Å². The van der Waals surface area contributed by atoms with Crippen LogP contribution in [0.3, 0.4) is 0 Å². The van der Waals surface area contributed by atoms with Crippen molar-refractivity contribution < 1.29 is 18.3 Å². The lowest BCUT2D eigenvalue weighted by Crippen LogP contribution is -2.30. The zero-order chi connectivity index (χ0) is 17.5. The quantitative estimate of drug-likeness (QED) is 0.779. The number of hydrogen-bond acceptors (Lipinski definition) is 2. The summed E-state index contributed by atoms with van der Waals surface area (Å²) in [7, 11) is 0. The number of benzene rings is 2. The van der Waals surface area contributed by atoms with Crippen LogP contribution in [0.2, 0.25) is 0 Å². The van der Waals surface area contributed by atoms with Crippen LogP contribution in [-0.4, -0.2) is 19.2 Å². The van der Waals surface area contributed by atoms with Crippen molar-refractivity contribution in [1.29, 1.82) is 0 Å². The molecule has 0 aliphatic rings. The van der Waals surface area contributed by atoms with Crippen LogP contribution in [0.1, 0.15) is 17.5 Å². The van der Waals surface area contributed by atoms with Crippen LogP contribution in [0.5, 0.6) is 5.75 Å². The van der Waals surface area contributed by atoms with Crippen molar-refractivity contribution in [3.05, 3.63) is 59.2 Å². The molecule has 24 heavy (non-hydrogen) atoms. The fourth-order valence-corrected chi connectivity index (χ4v) is 2.23. The molecule has 4 nitrogen and oxygen atoms in total. The molecular weight excluding hydrogens is 314 g/mol. The van der Waals surface area contributed by atoms with Crippen LogP contribution in [0.15, 0.2) is 36.4 Å². The molecule has 0 fully saturated rings. The number of amides is 2. The summed E-state index contributed by atoms with van der Waals surface area (Å²) < 4.78 is 32.1. The number of nitrogens with one attached hydrogen (secondary N) is 2. The van der Waals surface area contributed by atoms with Crippen molar-refractivity contribution in [3.8, 4) is 5.75 Å². The van der Waals surface area contributed by atoms with Crippen molar-refractivity contribution in [2.24, 2.45) is 0 Å². The van der Waals surface area contributed by atoms with E-state index in [1.54, 1.807) is 0 Å². The standard InChI is InChI=1S/C18H20F2N2O2/c1-12-5-3-6-13(2)17(12)24-10-4-9-21-18(23)22-16-11-14(19)7-8-15(16)20/h3,5-8,11H,4,9-10H2,1-2H3,(H2,21,22,23). The Morgan fingerprint density at radius 3 is 2.54 bits per heavy atom. The second kappa shape index (κ2) is 8.29. The third kappa shape index (κ3) is 4.94. The average Bonchev–Trinajstić information content (AvgIpc) is 2.53. The highest BCUT2D eigenvalue weighted by Gasteiger charge is 2.08. The Hall–Kier alpha value is -2.63. The monoisotopic (exact) mass is 334 g/mol. The predicted octanol–water partition coefficient (Wildman–Crippen LogP) is 4.17. The van der Waals surface area contributed by atoms with Gasteiger partial charge in [-0.05, 0) is 43.5 Å². The molecule has 0 saturated carbocycles. The van der Waals surface area contributed by atoms with E-state index in [4.69, 9.17) is 4.74 Å². The van der Waals surface area contributed by atoms with Gasteiger partial charge in [-0.15, -0.1) is 0 Å². The van der Waals surface area contributed by atoms with Crippen LogP contribution >= 0.6 is 0 Å². The van der Waals surface area contributed by atoms with E-state index in [1.807, 2.05) is 32.0 Å². The number of rotatable bonds is 6. The van der Waals surface area contributed by atoms with Gasteiger partial charge in [0, 0.05) is 12.6 Å². The Morgan fingerprint density at radius 1 is 1.12 bits per heavy atom. The van der Waals surface area contributed by atoms with Gasteiger partial charge in [0.2, 0.25) is 0 Å².